The predicted octanol–water partition coefficient (Wildman–Crippen LogP) is 5.14. The maximum Gasteiger partial charge on any atom is 0.271 e. The number of nitro groups is 1. The van der Waals surface area contributed by atoms with Gasteiger partial charge in [-0.1, -0.05) is 41.6 Å². The summed E-state index contributed by atoms with van der Waals surface area (Å²) >= 11 is 7.32. The lowest BCUT2D eigenvalue weighted by Gasteiger charge is -2.09. The molecule has 0 aliphatic carbocycles. The highest BCUT2D eigenvalue weighted by molar-refractivity contribution is 7.99. The van der Waals surface area contributed by atoms with Gasteiger partial charge in [0.05, 0.1) is 31.9 Å². The Balaban J connectivity index is 1.70. The summed E-state index contributed by atoms with van der Waals surface area (Å²) in [5, 5.41) is 15.4. The van der Waals surface area contributed by atoms with Crippen LogP contribution in [0.15, 0.2) is 47.5 Å². The van der Waals surface area contributed by atoms with E-state index in [9.17, 15) is 14.9 Å². The van der Waals surface area contributed by atoms with Crippen LogP contribution in [0.25, 0.3) is 10.9 Å². The van der Waals surface area contributed by atoms with Gasteiger partial charge < -0.3 is 5.32 Å². The van der Waals surface area contributed by atoms with Crippen LogP contribution in [-0.4, -0.2) is 21.6 Å². The van der Waals surface area contributed by atoms with Gasteiger partial charge in [0.1, 0.15) is 0 Å². The van der Waals surface area contributed by atoms with Crippen LogP contribution in [-0.2, 0) is 4.79 Å². The van der Waals surface area contributed by atoms with Crippen molar-refractivity contribution in [1.29, 1.82) is 0 Å². The molecule has 1 heterocycles. The Morgan fingerprint density at radius 3 is 2.70 bits per heavy atom. The summed E-state index contributed by atoms with van der Waals surface area (Å²) in [5.74, 6) is -0.114. The highest BCUT2D eigenvalue weighted by Gasteiger charge is 2.13. The second-order valence-corrected chi connectivity index (χ2v) is 7.41. The standard InChI is InChI=1S/C19H16ClN3O3S/c1-11-4-3-5-14-12(2)8-18(22-19(11)14)27-10-17(24)21-16-7-6-13(23(25)26)9-15(16)20/h3-9H,10H2,1-2H3,(H,21,24). The van der Waals surface area contributed by atoms with E-state index in [1.54, 1.807) is 0 Å². The summed E-state index contributed by atoms with van der Waals surface area (Å²) in [4.78, 5) is 27.1. The van der Waals surface area contributed by atoms with E-state index in [4.69, 9.17) is 11.6 Å². The van der Waals surface area contributed by atoms with E-state index in [0.29, 0.717) is 5.69 Å². The number of aryl methyl sites for hydroxylation is 2. The average molecular weight is 402 g/mol. The largest absolute Gasteiger partial charge is 0.324 e. The molecule has 0 saturated heterocycles. The van der Waals surface area contributed by atoms with Gasteiger partial charge in [-0.15, -0.1) is 0 Å². The first kappa shape index (κ1) is 19.1. The van der Waals surface area contributed by atoms with Crippen molar-refractivity contribution < 1.29 is 9.72 Å². The number of carbonyl (C=O) groups is 1. The van der Waals surface area contributed by atoms with Gasteiger partial charge >= 0.3 is 0 Å². The lowest BCUT2D eigenvalue weighted by atomic mass is 10.1. The Bertz CT molecular complexity index is 1060. The number of rotatable bonds is 5. The van der Waals surface area contributed by atoms with Crippen LogP contribution in [0.5, 0.6) is 0 Å². The lowest BCUT2D eigenvalue weighted by Crippen LogP contribution is -2.14. The van der Waals surface area contributed by atoms with Crippen molar-refractivity contribution in [3.05, 3.63) is 68.7 Å². The first-order valence-corrected chi connectivity index (χ1v) is 9.45. The Hall–Kier alpha value is -2.64. The molecule has 0 spiro atoms. The minimum Gasteiger partial charge on any atom is -0.324 e. The zero-order chi connectivity index (χ0) is 19.6. The second kappa shape index (κ2) is 7.94. The molecular weight excluding hydrogens is 386 g/mol. The van der Waals surface area contributed by atoms with Crippen LogP contribution in [0, 0.1) is 24.0 Å². The molecule has 27 heavy (non-hydrogen) atoms. The highest BCUT2D eigenvalue weighted by Crippen LogP contribution is 2.28. The van der Waals surface area contributed by atoms with E-state index >= 15 is 0 Å². The molecule has 1 amide bonds. The number of pyridine rings is 1. The fourth-order valence-electron chi connectivity index (χ4n) is 2.65. The summed E-state index contributed by atoms with van der Waals surface area (Å²) in [7, 11) is 0. The fraction of sp³-hybridized carbons (Fsp3) is 0.158. The van der Waals surface area contributed by atoms with Crippen molar-refractivity contribution in [2.45, 2.75) is 18.9 Å². The first-order valence-electron chi connectivity index (χ1n) is 8.08. The molecule has 0 atom stereocenters. The molecule has 0 radical (unpaired) electrons. The summed E-state index contributed by atoms with van der Waals surface area (Å²) in [5.41, 5.74) is 3.33. The Morgan fingerprint density at radius 1 is 1.22 bits per heavy atom. The van der Waals surface area contributed by atoms with E-state index in [1.807, 2.05) is 38.1 Å². The number of halogens is 1. The second-order valence-electron chi connectivity index (χ2n) is 6.01. The molecule has 0 aliphatic rings. The van der Waals surface area contributed by atoms with Crippen LogP contribution in [0.2, 0.25) is 5.02 Å². The van der Waals surface area contributed by atoms with Crippen molar-refractivity contribution in [2.75, 3.05) is 11.1 Å². The minimum atomic E-state index is -0.539. The summed E-state index contributed by atoms with van der Waals surface area (Å²) in [6.45, 7) is 4.02. The van der Waals surface area contributed by atoms with Crippen molar-refractivity contribution in [2.24, 2.45) is 0 Å². The highest BCUT2D eigenvalue weighted by atomic mass is 35.5. The summed E-state index contributed by atoms with van der Waals surface area (Å²) in [6.07, 6.45) is 0. The van der Waals surface area contributed by atoms with Crippen LogP contribution in [0.3, 0.4) is 0 Å². The van der Waals surface area contributed by atoms with E-state index in [2.05, 4.69) is 10.3 Å². The number of nitrogens with one attached hydrogen (secondary N) is 1. The lowest BCUT2D eigenvalue weighted by molar-refractivity contribution is -0.384. The molecule has 0 unspecified atom stereocenters. The predicted molar refractivity (Wildman–Crippen MR) is 109 cm³/mol. The van der Waals surface area contributed by atoms with Crippen LogP contribution in [0.1, 0.15) is 11.1 Å². The van der Waals surface area contributed by atoms with Crippen LogP contribution < -0.4 is 5.32 Å². The summed E-state index contributed by atoms with van der Waals surface area (Å²) < 4.78 is 0. The first-order chi connectivity index (χ1) is 12.8. The van der Waals surface area contributed by atoms with Gasteiger partial charge in [-0.25, -0.2) is 4.98 Å². The number of para-hydroxylation sites is 1. The number of hydrogen-bond donors (Lipinski definition) is 1. The number of hydrogen-bond acceptors (Lipinski definition) is 5. The number of carbonyl (C=O) groups excluding carboxylic acids is 1. The molecule has 3 rings (SSSR count). The molecule has 138 valence electrons. The molecule has 0 saturated carbocycles. The molecule has 3 aromatic rings. The number of anilines is 1. The number of non-ortho nitro benzene ring substituents is 1. The molecule has 1 N–H and O–H groups in total. The smallest absolute Gasteiger partial charge is 0.271 e. The van der Waals surface area contributed by atoms with Gasteiger partial charge in [-0.05, 0) is 37.1 Å². The Morgan fingerprint density at radius 2 is 2.00 bits per heavy atom. The van der Waals surface area contributed by atoms with E-state index < -0.39 is 4.92 Å². The number of benzene rings is 2. The van der Waals surface area contributed by atoms with Gasteiger partial charge in [0.2, 0.25) is 5.91 Å². The zero-order valence-corrected chi connectivity index (χ0v) is 16.2. The molecule has 0 aliphatic heterocycles. The molecule has 8 heteroatoms. The monoisotopic (exact) mass is 401 g/mol. The maximum absolute atomic E-state index is 12.2. The quantitative estimate of drug-likeness (QED) is 0.363. The third-order valence-electron chi connectivity index (χ3n) is 4.01. The number of nitro benzene ring substituents is 1. The summed E-state index contributed by atoms with van der Waals surface area (Å²) in [6, 6.07) is 11.9. The van der Waals surface area contributed by atoms with E-state index in [1.165, 1.54) is 30.0 Å². The van der Waals surface area contributed by atoms with Crippen molar-refractivity contribution in [3.63, 3.8) is 0 Å². The van der Waals surface area contributed by atoms with E-state index in [0.717, 1.165) is 27.1 Å². The van der Waals surface area contributed by atoms with Gasteiger partial charge in [0.15, 0.2) is 0 Å². The van der Waals surface area contributed by atoms with Crippen LogP contribution >= 0.6 is 23.4 Å². The molecular formula is C19H16ClN3O3S. The SMILES string of the molecule is Cc1cc(SCC(=O)Nc2ccc([N+](=O)[O-])cc2Cl)nc2c(C)cccc12. The molecule has 0 fully saturated rings. The normalized spacial score (nSPS) is 10.8. The van der Waals surface area contributed by atoms with E-state index in [-0.39, 0.29) is 22.4 Å². The molecule has 0 bridgehead atoms. The van der Waals surface area contributed by atoms with Crippen molar-refractivity contribution >= 4 is 51.5 Å². The van der Waals surface area contributed by atoms with Gasteiger partial charge in [-0.3, -0.25) is 14.9 Å². The van der Waals surface area contributed by atoms with Crippen molar-refractivity contribution in [1.82, 2.24) is 4.98 Å². The Labute approximate surface area is 165 Å². The molecule has 2 aromatic carbocycles. The molecule has 6 nitrogen and oxygen atoms in total. The van der Waals surface area contributed by atoms with Crippen LogP contribution in [0.4, 0.5) is 11.4 Å². The average Bonchev–Trinajstić information content (AvgIpc) is 2.62. The van der Waals surface area contributed by atoms with Gasteiger partial charge in [0, 0.05) is 17.5 Å². The maximum atomic E-state index is 12.2. The number of aromatic nitrogens is 1. The topological polar surface area (TPSA) is 85.1 Å². The Kier molecular flexibility index (Phi) is 5.62. The third kappa shape index (κ3) is 4.37. The minimum absolute atomic E-state index is 0.123. The number of nitrogens with zero attached hydrogens (tertiary/aromatic N) is 2. The van der Waals surface area contributed by atoms with Crippen molar-refractivity contribution in [3.8, 4) is 0 Å². The zero-order valence-electron chi connectivity index (χ0n) is 14.7. The van der Waals surface area contributed by atoms with Gasteiger partial charge in [0.25, 0.3) is 5.69 Å². The fourth-order valence-corrected chi connectivity index (χ4v) is 3.64. The van der Waals surface area contributed by atoms with Gasteiger partial charge in [-0.2, -0.15) is 0 Å². The molecule has 1 aromatic heterocycles. The number of fused-ring (bicyclic) bond motifs is 1. The third-order valence-corrected chi connectivity index (χ3v) is 5.24. The number of thioether (sulfide) groups is 1. The number of amides is 1.